The van der Waals surface area contributed by atoms with Gasteiger partial charge in [0.1, 0.15) is 6.61 Å². The predicted molar refractivity (Wildman–Crippen MR) is 368 cm³/mol. The van der Waals surface area contributed by atoms with Crippen molar-refractivity contribution < 1.29 is 46.1 Å². The maximum atomic E-state index is 11.6. The van der Waals surface area contributed by atoms with E-state index in [4.69, 9.17) is 14.6 Å². The van der Waals surface area contributed by atoms with Crippen molar-refractivity contribution in [3.05, 3.63) is 416 Å². The molecule has 3 aliphatic carbocycles. The Kier molecular flexibility index (Phi) is 45.2. The van der Waals surface area contributed by atoms with Crippen molar-refractivity contribution in [2.75, 3.05) is 7.11 Å². The second kappa shape index (κ2) is 52.6. The van der Waals surface area contributed by atoms with Crippen LogP contribution >= 0.6 is 0 Å². The summed E-state index contributed by atoms with van der Waals surface area (Å²) in [6.07, 6.45) is 30.0. The highest BCUT2D eigenvalue weighted by Gasteiger charge is 2.04. The number of aliphatic carboxylic acids is 2. The Morgan fingerprint density at radius 2 is 0.644 bits per heavy atom. The summed E-state index contributed by atoms with van der Waals surface area (Å²) in [5.74, 6) is -2.27. The lowest BCUT2D eigenvalue weighted by molar-refractivity contribution is -0.306. The van der Waals surface area contributed by atoms with Crippen LogP contribution in [-0.2, 0) is 62.9 Å². The fourth-order valence-electron chi connectivity index (χ4n) is 6.90. The summed E-state index contributed by atoms with van der Waals surface area (Å²) in [7, 11) is 1.70. The van der Waals surface area contributed by atoms with Crippen LogP contribution < -0.4 is 10.2 Å². The van der Waals surface area contributed by atoms with Crippen molar-refractivity contribution in [1.82, 2.24) is 0 Å². The number of benzene rings is 8. The summed E-state index contributed by atoms with van der Waals surface area (Å²) in [5.41, 5.74) is 11.6. The van der Waals surface area contributed by atoms with Crippen LogP contribution in [0.3, 0.4) is 0 Å². The molecule has 9 heteroatoms. The average Bonchev–Trinajstić information content (AvgIpc) is 3.72. The molecule has 3 aliphatic rings. The van der Waals surface area contributed by atoms with E-state index >= 15 is 0 Å². The second-order valence-corrected chi connectivity index (χ2v) is 19.2. The molecular weight excluding hydrogens is 1120 g/mol. The Morgan fingerprint density at radius 3 is 0.844 bits per heavy atom. The number of aliphatic hydroxyl groups excluding tert-OH is 1. The van der Waals surface area contributed by atoms with Crippen molar-refractivity contribution in [3.63, 3.8) is 0 Å². The number of carbonyl (C=O) groups excluding carboxylic acids is 3. The number of ether oxygens (including phenoxy) is 2. The fourth-order valence-corrected chi connectivity index (χ4v) is 6.90. The van der Waals surface area contributed by atoms with Gasteiger partial charge in [-0.25, -0.2) is 0 Å². The molecule has 0 saturated carbocycles. The summed E-state index contributed by atoms with van der Waals surface area (Å²) >= 11 is 0. The lowest BCUT2D eigenvalue weighted by atomic mass is 10.1. The van der Waals surface area contributed by atoms with Crippen molar-refractivity contribution in [2.45, 2.75) is 52.9 Å². The van der Waals surface area contributed by atoms with Crippen molar-refractivity contribution in [2.24, 2.45) is 0 Å². The molecule has 90 heavy (non-hydrogen) atoms. The zero-order valence-corrected chi connectivity index (χ0v) is 51.9. The molecule has 0 aromatic heterocycles. The van der Waals surface area contributed by atoms with Crippen LogP contribution in [0, 0.1) is 33.1 Å². The molecule has 0 atom stereocenters. The van der Waals surface area contributed by atoms with Crippen molar-refractivity contribution in [3.8, 4) is 0 Å². The van der Waals surface area contributed by atoms with E-state index in [1.165, 1.54) is 16.7 Å². The number of carboxylic acids is 2. The van der Waals surface area contributed by atoms with Crippen LogP contribution in [0.1, 0.15) is 45.9 Å². The van der Waals surface area contributed by atoms with Crippen LogP contribution in [0.25, 0.3) is 0 Å². The van der Waals surface area contributed by atoms with E-state index in [0.29, 0.717) is 19.6 Å². The fraction of sp³-hybridized carbons (Fsp3) is 0.111. The molecule has 0 bridgehead atoms. The Balaban J connectivity index is 0.00000100. The molecule has 0 unspecified atom stereocenters. The number of rotatable bonds is 11. The minimum absolute atomic E-state index is 0. The summed E-state index contributed by atoms with van der Waals surface area (Å²) in [6.45, 7) is 16.5. The van der Waals surface area contributed by atoms with Gasteiger partial charge in [-0.1, -0.05) is 254 Å². The van der Waals surface area contributed by atoms with Gasteiger partial charge in [-0.15, -0.1) is 0 Å². The first-order valence-corrected chi connectivity index (χ1v) is 28.8. The maximum Gasteiger partial charge on any atom is 1.00 e. The normalized spacial score (nSPS) is 11.0. The standard InChI is InChI=1S/C15H14O2.2C8H8O2.C8H10O.C7H8O.2C7H8.3C7H7.H2O/c16-15(11-13-7-3-1-4-8-13)17-12-14-9-5-2-6-10-14;2*9-8(10)6-7-4-2-1-3-5-7;1-9-7-8-5-3-2-4-6-8;8-6-7-4-2-1-3-5-7;5*1-7-5-3-2-4-6-7;/h1-10H,11-12H2;2*1-5H,6H2,(H,9,10);2-6H,7H2,1H3;1-5,8H,6H2;2*2-6H,1H3;3*2-6H,1H2;1H2/q;;;;;;;3*+1;/p-1. The van der Waals surface area contributed by atoms with Gasteiger partial charge in [-0.2, -0.15) is 0 Å². The molecule has 3 N–H and O–H groups in total. The van der Waals surface area contributed by atoms with Crippen LogP contribution in [0.2, 0.25) is 0 Å². The van der Waals surface area contributed by atoms with E-state index in [9.17, 15) is 24.6 Å². The number of aryl methyl sites for hydroxylation is 2. The first kappa shape index (κ1) is 77.3. The number of carboxylic acid groups (broad SMARTS) is 2. The molecule has 8 aromatic rings. The molecule has 0 radical (unpaired) electrons. The highest BCUT2D eigenvalue weighted by Crippen LogP contribution is 2.08. The smallest absolute Gasteiger partial charge is 0.550 e. The molecule has 8 aromatic carbocycles. The van der Waals surface area contributed by atoms with Gasteiger partial charge in [0.05, 0.1) is 36.4 Å². The summed E-state index contributed by atoms with van der Waals surface area (Å²) in [5, 5.41) is 28.7. The molecular formula is C81H86O9+2. The second-order valence-electron chi connectivity index (χ2n) is 19.2. The third-order valence-electron chi connectivity index (χ3n) is 11.4. The number of hydrogen-bond acceptors (Lipinski definition) is 8. The summed E-state index contributed by atoms with van der Waals surface area (Å²) in [4.78, 5) is 31.7. The third kappa shape index (κ3) is 45.7. The molecule has 462 valence electrons. The molecule has 0 spiro atoms. The number of esters is 1. The first-order valence-electron chi connectivity index (χ1n) is 28.8. The number of hydrogen-bond donors (Lipinski definition) is 1. The Labute approximate surface area is 537 Å². The number of aliphatic hydroxyl groups is 1. The van der Waals surface area contributed by atoms with Crippen LogP contribution in [0.5, 0.6) is 0 Å². The first-order chi connectivity index (χ1) is 43.3. The van der Waals surface area contributed by atoms with Gasteiger partial charge in [0.15, 0.2) is 0 Å². The molecule has 9 nitrogen and oxygen atoms in total. The molecule has 0 amide bonds. The van der Waals surface area contributed by atoms with Gasteiger partial charge in [0.2, 0.25) is 0 Å². The van der Waals surface area contributed by atoms with E-state index in [0.717, 1.165) is 44.5 Å². The minimum atomic E-state index is -1.04. The Bertz CT molecular complexity index is 3160. The molecule has 0 saturated heterocycles. The van der Waals surface area contributed by atoms with E-state index < -0.39 is 11.9 Å². The third-order valence-corrected chi connectivity index (χ3v) is 11.4. The zero-order valence-electron chi connectivity index (χ0n) is 52.9. The molecule has 11 rings (SSSR count). The number of carbonyl (C=O) groups is 3. The maximum absolute atomic E-state index is 11.6. The number of allylic oxidation sites excluding steroid dienone is 15. The Morgan fingerprint density at radius 1 is 0.389 bits per heavy atom. The van der Waals surface area contributed by atoms with Gasteiger partial charge in [0.25, 0.3) is 0 Å². The van der Waals surface area contributed by atoms with E-state index in [2.05, 4.69) is 57.8 Å². The monoisotopic (exact) mass is 1200 g/mol. The van der Waals surface area contributed by atoms with Crippen LogP contribution in [-0.4, -0.2) is 35.6 Å². The van der Waals surface area contributed by atoms with E-state index in [-0.39, 0.29) is 32.3 Å². The van der Waals surface area contributed by atoms with Gasteiger partial charge in [-0.05, 0) is 67.0 Å². The van der Waals surface area contributed by atoms with Gasteiger partial charge >= 0.3 is 7.40 Å². The summed E-state index contributed by atoms with van der Waals surface area (Å²) < 4.78 is 10.1. The highest BCUT2D eigenvalue weighted by molar-refractivity contribution is 5.72. The van der Waals surface area contributed by atoms with Crippen molar-refractivity contribution >= 4 is 17.9 Å². The van der Waals surface area contributed by atoms with Crippen LogP contribution in [0.15, 0.2) is 352 Å². The lowest BCUT2D eigenvalue weighted by Crippen LogP contribution is -2.24. The predicted octanol–water partition coefficient (Wildman–Crippen LogP) is 14.8. The largest absolute Gasteiger partial charge is 1.00 e. The zero-order chi connectivity index (χ0) is 64.6. The van der Waals surface area contributed by atoms with Crippen LogP contribution in [0.4, 0.5) is 0 Å². The molecule has 0 aliphatic heterocycles. The molecule has 0 heterocycles. The van der Waals surface area contributed by atoms with Gasteiger partial charge in [-0.3, -0.25) is 4.79 Å². The minimum Gasteiger partial charge on any atom is -0.550 e. The number of methoxy groups -OCH3 is 1. The van der Waals surface area contributed by atoms with Crippen molar-refractivity contribution in [1.29, 1.82) is 0 Å². The lowest BCUT2D eigenvalue weighted by Gasteiger charge is -2.04. The van der Waals surface area contributed by atoms with Gasteiger partial charge < -0.3 is 39.9 Å². The van der Waals surface area contributed by atoms with Gasteiger partial charge in [0, 0.05) is 124 Å². The topological polar surface area (TPSA) is 168 Å². The summed E-state index contributed by atoms with van der Waals surface area (Å²) in [6, 6.07) is 77.4. The Hall–Kier alpha value is -10.7. The average molecular weight is 1200 g/mol. The van der Waals surface area contributed by atoms with E-state index in [1.807, 2.05) is 262 Å². The van der Waals surface area contributed by atoms with E-state index in [1.54, 1.807) is 55.6 Å². The molecule has 0 fully saturated rings. The quantitative estimate of drug-likeness (QED) is 0.0986. The highest BCUT2D eigenvalue weighted by atomic mass is 16.5. The SMILES string of the molecule is C=C1C=CC=C[CH+]1.C=C1C=CC=C[CH+]1.C=C1C=CC=C[CH+]1.COCc1ccccc1.Cc1ccccc1.Cc1ccccc1.O.O=C(Cc1ccccc1)OCc1ccccc1.O=C([O-])Cc1ccccc1.O=C([O-])Cc1ccccc1.OCc1ccccc1.[H+].